The highest BCUT2D eigenvalue weighted by Crippen LogP contribution is 2.38. The fourth-order valence-electron chi connectivity index (χ4n) is 3.34. The average Bonchev–Trinajstić information content (AvgIpc) is 2.90. The Morgan fingerprint density at radius 3 is 2.03 bits per heavy atom. The second kappa shape index (κ2) is 11.1. The number of nitrogens with zero attached hydrogens (tertiary/aromatic N) is 3. The van der Waals surface area contributed by atoms with Crippen LogP contribution in [0.3, 0.4) is 0 Å². The third-order valence-corrected chi connectivity index (χ3v) is 5.61. The topological polar surface area (TPSA) is 111 Å². The van der Waals surface area contributed by atoms with Gasteiger partial charge in [0.2, 0.25) is 5.75 Å². The van der Waals surface area contributed by atoms with E-state index in [-0.39, 0.29) is 17.2 Å². The number of aromatic amines is 1. The first-order valence-electron chi connectivity index (χ1n) is 10.6. The van der Waals surface area contributed by atoms with E-state index in [1.54, 1.807) is 60.7 Å². The summed E-state index contributed by atoms with van der Waals surface area (Å²) in [6.45, 7) is 0. The van der Waals surface area contributed by atoms with Gasteiger partial charge in [0.15, 0.2) is 23.0 Å². The van der Waals surface area contributed by atoms with Crippen molar-refractivity contribution in [3.63, 3.8) is 0 Å². The summed E-state index contributed by atoms with van der Waals surface area (Å²) in [4.78, 5) is 17.5. The van der Waals surface area contributed by atoms with Crippen molar-refractivity contribution >= 4 is 34.6 Å². The van der Waals surface area contributed by atoms with Gasteiger partial charge in [-0.3, -0.25) is 10.2 Å². The third kappa shape index (κ3) is 5.42. The molecule has 0 atom stereocenters. The number of hydrogen-bond acceptors (Lipinski definition) is 8. The predicted molar refractivity (Wildman–Crippen MR) is 140 cm³/mol. The summed E-state index contributed by atoms with van der Waals surface area (Å²) in [7, 11) is 4.50. The minimum atomic E-state index is -0.543. The first kappa shape index (κ1) is 25.0. The molecule has 11 heteroatoms. The normalized spacial score (nSPS) is 11.2. The molecular formula is C25H21Cl2N5O4. The molecule has 0 bridgehead atoms. The van der Waals surface area contributed by atoms with Crippen LogP contribution < -0.4 is 25.2 Å². The summed E-state index contributed by atoms with van der Waals surface area (Å²) in [6.07, 6.45) is 0. The van der Waals surface area contributed by atoms with Crippen LogP contribution in [0, 0.1) is 0 Å². The molecule has 1 heterocycles. The lowest BCUT2D eigenvalue weighted by molar-refractivity contribution is 0.324. The molecule has 0 aliphatic heterocycles. The Hall–Kier alpha value is -4.08. The molecule has 0 radical (unpaired) electrons. The summed E-state index contributed by atoms with van der Waals surface area (Å²) < 4.78 is 16.4. The number of nitrogens with one attached hydrogen (secondary N) is 2. The van der Waals surface area contributed by atoms with E-state index in [1.165, 1.54) is 21.3 Å². The fourth-order valence-corrected chi connectivity index (χ4v) is 3.60. The lowest BCUT2D eigenvalue weighted by Crippen LogP contribution is -2.24. The van der Waals surface area contributed by atoms with Crippen LogP contribution in [0.4, 0.5) is 5.69 Å². The van der Waals surface area contributed by atoms with E-state index >= 15 is 0 Å². The molecule has 0 aliphatic carbocycles. The van der Waals surface area contributed by atoms with Gasteiger partial charge in [0.1, 0.15) is 5.71 Å². The summed E-state index contributed by atoms with van der Waals surface area (Å²) in [6, 6.07) is 17.2. The lowest BCUT2D eigenvalue weighted by Gasteiger charge is -2.15. The summed E-state index contributed by atoms with van der Waals surface area (Å²) in [5.41, 5.74) is 4.43. The van der Waals surface area contributed by atoms with Crippen LogP contribution in [-0.4, -0.2) is 42.2 Å². The van der Waals surface area contributed by atoms with Gasteiger partial charge < -0.3 is 14.2 Å². The van der Waals surface area contributed by atoms with Crippen molar-refractivity contribution in [2.24, 2.45) is 5.10 Å². The van der Waals surface area contributed by atoms with Crippen LogP contribution >= 0.6 is 23.2 Å². The van der Waals surface area contributed by atoms with E-state index in [0.717, 1.165) is 0 Å². The zero-order chi connectivity index (χ0) is 25.7. The average molecular weight is 526 g/mol. The number of anilines is 1. The second-order valence-electron chi connectivity index (χ2n) is 7.34. The Morgan fingerprint density at radius 2 is 1.47 bits per heavy atom. The van der Waals surface area contributed by atoms with Crippen LogP contribution in [0.5, 0.6) is 17.2 Å². The molecular weight excluding hydrogens is 505 g/mol. The van der Waals surface area contributed by atoms with Crippen LogP contribution in [0.2, 0.25) is 10.0 Å². The monoisotopic (exact) mass is 525 g/mol. The molecule has 0 amide bonds. The highest BCUT2D eigenvalue weighted by Gasteiger charge is 2.21. The number of benzene rings is 3. The van der Waals surface area contributed by atoms with E-state index in [9.17, 15) is 4.79 Å². The van der Waals surface area contributed by atoms with Gasteiger partial charge in [0, 0.05) is 21.2 Å². The first-order valence-corrected chi connectivity index (χ1v) is 11.3. The van der Waals surface area contributed by atoms with Crippen molar-refractivity contribution in [2.45, 2.75) is 0 Å². The quantitative estimate of drug-likeness (QED) is 0.245. The smallest absolute Gasteiger partial charge is 0.292 e. The number of rotatable bonds is 8. The van der Waals surface area contributed by atoms with Crippen molar-refractivity contribution in [3.05, 3.63) is 92.3 Å². The van der Waals surface area contributed by atoms with Crippen LogP contribution in [0.25, 0.3) is 11.4 Å². The van der Waals surface area contributed by atoms with Crippen molar-refractivity contribution in [2.75, 3.05) is 26.8 Å². The van der Waals surface area contributed by atoms with Crippen LogP contribution in [0.15, 0.2) is 70.6 Å². The summed E-state index contributed by atoms with van der Waals surface area (Å²) >= 11 is 12.0. The fraction of sp³-hybridized carbons (Fsp3) is 0.120. The van der Waals surface area contributed by atoms with Crippen LogP contribution in [0.1, 0.15) is 11.3 Å². The molecule has 0 saturated heterocycles. The number of halogens is 2. The van der Waals surface area contributed by atoms with Gasteiger partial charge in [0.25, 0.3) is 5.56 Å². The molecule has 0 fully saturated rings. The minimum Gasteiger partial charge on any atom is -0.493 e. The minimum absolute atomic E-state index is 0.0192. The Balaban J connectivity index is 1.90. The molecule has 0 spiro atoms. The van der Waals surface area contributed by atoms with E-state index in [2.05, 4.69) is 25.7 Å². The molecule has 4 rings (SSSR count). The van der Waals surface area contributed by atoms with Gasteiger partial charge in [-0.1, -0.05) is 23.2 Å². The van der Waals surface area contributed by atoms with Gasteiger partial charge in [-0.15, -0.1) is 0 Å². The molecule has 9 nitrogen and oxygen atoms in total. The predicted octanol–water partition coefficient (Wildman–Crippen LogP) is 5.03. The van der Waals surface area contributed by atoms with Gasteiger partial charge in [-0.2, -0.15) is 10.2 Å². The van der Waals surface area contributed by atoms with Gasteiger partial charge >= 0.3 is 0 Å². The Labute approximate surface area is 216 Å². The van der Waals surface area contributed by atoms with Gasteiger partial charge in [0.05, 0.1) is 27.0 Å². The van der Waals surface area contributed by atoms with E-state index < -0.39 is 5.56 Å². The number of hydrazone groups is 1. The lowest BCUT2D eigenvalue weighted by atomic mass is 10.1. The molecule has 0 aliphatic rings. The van der Waals surface area contributed by atoms with Gasteiger partial charge in [-0.05, 0) is 60.7 Å². The summed E-state index contributed by atoms with van der Waals surface area (Å²) in [5.74, 6) is 1.45. The van der Waals surface area contributed by atoms with E-state index in [1.807, 2.05) is 0 Å². The van der Waals surface area contributed by atoms with E-state index in [4.69, 9.17) is 37.4 Å². The Bertz CT molecular complexity index is 1430. The number of hydrogen-bond donors (Lipinski definition) is 2. The third-order valence-electron chi connectivity index (χ3n) is 5.10. The second-order valence-corrected chi connectivity index (χ2v) is 8.21. The van der Waals surface area contributed by atoms with Crippen molar-refractivity contribution < 1.29 is 14.2 Å². The zero-order valence-corrected chi connectivity index (χ0v) is 21.0. The molecule has 3 aromatic carbocycles. The number of ether oxygens (including phenoxy) is 3. The highest BCUT2D eigenvalue weighted by molar-refractivity contribution is 6.30. The number of aromatic nitrogens is 3. The molecule has 1 aromatic heterocycles. The van der Waals surface area contributed by atoms with Crippen molar-refractivity contribution in [1.29, 1.82) is 0 Å². The number of H-pyrrole nitrogens is 1. The highest BCUT2D eigenvalue weighted by atomic mass is 35.5. The van der Waals surface area contributed by atoms with Gasteiger partial charge in [-0.25, -0.2) is 10.1 Å². The summed E-state index contributed by atoms with van der Waals surface area (Å²) in [5, 5.41) is 12.3. The van der Waals surface area contributed by atoms with Crippen molar-refractivity contribution in [3.8, 4) is 28.6 Å². The molecule has 0 saturated carbocycles. The SMILES string of the molecule is COc1cc(/C(=N\Nc2ccc(Cl)cc2)c2nc(-c3ccc(Cl)cc3)n[nH]c2=O)cc(OC)c1OC. The largest absolute Gasteiger partial charge is 0.493 e. The maximum absolute atomic E-state index is 12.9. The Morgan fingerprint density at radius 1 is 0.889 bits per heavy atom. The molecule has 184 valence electrons. The molecule has 4 aromatic rings. The first-order chi connectivity index (χ1) is 17.4. The Kier molecular flexibility index (Phi) is 7.72. The maximum atomic E-state index is 12.9. The standard InChI is InChI=1S/C25H21Cl2N5O4/c1-34-19-12-15(13-20(35-2)23(19)36-3)21(30-29-18-10-8-17(27)9-11-18)22-25(33)32-31-24(28-22)14-4-6-16(26)7-5-14/h4-13,29H,1-3H3,(H,32,33)/b30-21+. The zero-order valence-electron chi connectivity index (χ0n) is 19.5. The van der Waals surface area contributed by atoms with Crippen LogP contribution in [-0.2, 0) is 0 Å². The van der Waals surface area contributed by atoms with E-state index in [0.29, 0.717) is 44.1 Å². The molecule has 2 N–H and O–H groups in total. The maximum Gasteiger partial charge on any atom is 0.292 e. The number of methoxy groups -OCH3 is 3. The van der Waals surface area contributed by atoms with Crippen molar-refractivity contribution in [1.82, 2.24) is 15.2 Å². The molecule has 36 heavy (non-hydrogen) atoms. The molecule has 0 unspecified atom stereocenters.